The zero-order chi connectivity index (χ0) is 18.5. The number of hydrogen-bond donors (Lipinski definition) is 1. The van der Waals surface area contributed by atoms with E-state index in [0.29, 0.717) is 18.1 Å². The molecule has 5 heteroatoms. The third kappa shape index (κ3) is 3.78. The van der Waals surface area contributed by atoms with E-state index in [1.54, 1.807) is 0 Å². The first-order chi connectivity index (χ1) is 12.7. The van der Waals surface area contributed by atoms with Crippen LogP contribution in [0.4, 0.5) is 0 Å². The van der Waals surface area contributed by atoms with Gasteiger partial charge in [0, 0.05) is 29.8 Å². The summed E-state index contributed by atoms with van der Waals surface area (Å²) in [6.45, 7) is 5.73. The smallest absolute Gasteiger partial charge is 0.173 e. The van der Waals surface area contributed by atoms with Gasteiger partial charge in [0.05, 0.1) is 12.6 Å². The lowest BCUT2D eigenvalue weighted by molar-refractivity contribution is -0.116. The number of carbonyl (C=O) groups is 1. The van der Waals surface area contributed by atoms with Gasteiger partial charge in [0.2, 0.25) is 0 Å². The van der Waals surface area contributed by atoms with Crippen molar-refractivity contribution in [2.24, 2.45) is 0 Å². The standard InChI is InChI=1S/C21H28N2O2S/c1-3-5-8-14-25-18-13-7-6-10-15(18)20-19-16(11-9-12-17(19)24)23(4-2)21(26)22-20/h6-7,10,13,20H,3-5,8-9,11-12,14H2,1-2H3,(H,22,26). The van der Waals surface area contributed by atoms with Crippen LogP contribution in [0, 0.1) is 0 Å². The molecule has 1 aromatic rings. The third-order valence-electron chi connectivity index (χ3n) is 5.11. The summed E-state index contributed by atoms with van der Waals surface area (Å²) in [5.74, 6) is 1.07. The van der Waals surface area contributed by atoms with E-state index in [2.05, 4.69) is 24.1 Å². The van der Waals surface area contributed by atoms with Gasteiger partial charge in [-0.25, -0.2) is 0 Å². The average Bonchev–Trinajstić information content (AvgIpc) is 2.65. The molecule has 0 radical (unpaired) electrons. The topological polar surface area (TPSA) is 41.6 Å². The van der Waals surface area contributed by atoms with Gasteiger partial charge in [0.25, 0.3) is 0 Å². The van der Waals surface area contributed by atoms with Crippen LogP contribution in [0.1, 0.15) is 64.0 Å². The number of unbranched alkanes of at least 4 members (excludes halogenated alkanes) is 2. The lowest BCUT2D eigenvalue weighted by Gasteiger charge is -2.40. The van der Waals surface area contributed by atoms with Gasteiger partial charge in [-0.15, -0.1) is 0 Å². The van der Waals surface area contributed by atoms with Crippen molar-refractivity contribution in [2.75, 3.05) is 13.2 Å². The number of Topliss-reactive ketones (excluding diaryl/α,β-unsaturated/α-hetero) is 1. The van der Waals surface area contributed by atoms with Gasteiger partial charge in [0.15, 0.2) is 10.9 Å². The number of carbonyl (C=O) groups excluding carboxylic acids is 1. The van der Waals surface area contributed by atoms with Crippen LogP contribution in [0.15, 0.2) is 35.5 Å². The van der Waals surface area contributed by atoms with Crippen LogP contribution in [0.25, 0.3) is 0 Å². The predicted molar refractivity (Wildman–Crippen MR) is 108 cm³/mol. The summed E-state index contributed by atoms with van der Waals surface area (Å²) in [7, 11) is 0. The molecule has 0 saturated carbocycles. The Morgan fingerprint density at radius 2 is 2.04 bits per heavy atom. The van der Waals surface area contributed by atoms with Crippen molar-refractivity contribution in [3.63, 3.8) is 0 Å². The van der Waals surface area contributed by atoms with E-state index in [1.807, 2.05) is 24.3 Å². The SMILES string of the molecule is CCCCCOc1ccccc1C1NC(=S)N(CC)C2=C1C(=O)CCC2. The summed E-state index contributed by atoms with van der Waals surface area (Å²) in [6, 6.07) is 7.81. The molecule has 0 bridgehead atoms. The Labute approximate surface area is 161 Å². The first kappa shape index (κ1) is 18.9. The monoisotopic (exact) mass is 372 g/mol. The maximum absolute atomic E-state index is 12.8. The predicted octanol–water partition coefficient (Wildman–Crippen LogP) is 4.51. The van der Waals surface area contributed by atoms with Crippen molar-refractivity contribution in [1.29, 1.82) is 0 Å². The summed E-state index contributed by atoms with van der Waals surface area (Å²) in [4.78, 5) is 14.9. The second-order valence-corrected chi connectivity index (χ2v) is 7.24. The van der Waals surface area contributed by atoms with Crippen LogP contribution in [0.2, 0.25) is 0 Å². The molecule has 1 heterocycles. The molecule has 26 heavy (non-hydrogen) atoms. The van der Waals surface area contributed by atoms with Crippen LogP contribution in [-0.2, 0) is 4.79 Å². The van der Waals surface area contributed by atoms with Gasteiger partial charge in [-0.3, -0.25) is 4.79 Å². The zero-order valence-corrected chi connectivity index (χ0v) is 16.5. The number of nitrogens with one attached hydrogen (secondary N) is 1. The average molecular weight is 373 g/mol. The quantitative estimate of drug-likeness (QED) is 0.563. The second kappa shape index (κ2) is 8.67. The van der Waals surface area contributed by atoms with Crippen LogP contribution >= 0.6 is 12.2 Å². The fraction of sp³-hybridized carbons (Fsp3) is 0.524. The van der Waals surface area contributed by atoms with Crippen LogP contribution in [0.3, 0.4) is 0 Å². The summed E-state index contributed by atoms with van der Waals surface area (Å²) >= 11 is 5.60. The Balaban J connectivity index is 1.95. The Morgan fingerprint density at radius 3 is 2.81 bits per heavy atom. The highest BCUT2D eigenvalue weighted by Crippen LogP contribution is 2.40. The molecule has 0 aromatic heterocycles. The van der Waals surface area contributed by atoms with Crippen molar-refractivity contribution >= 4 is 23.1 Å². The number of ketones is 1. The lowest BCUT2D eigenvalue weighted by Crippen LogP contribution is -2.49. The van der Waals surface area contributed by atoms with Crippen molar-refractivity contribution in [3.8, 4) is 5.75 Å². The van der Waals surface area contributed by atoms with Crippen LogP contribution < -0.4 is 10.1 Å². The van der Waals surface area contributed by atoms with E-state index in [-0.39, 0.29) is 11.8 Å². The molecule has 0 saturated heterocycles. The summed E-state index contributed by atoms with van der Waals surface area (Å²) in [6.07, 6.45) is 5.79. The van der Waals surface area contributed by atoms with Crippen LogP contribution in [-0.4, -0.2) is 28.9 Å². The molecule has 0 spiro atoms. The van der Waals surface area contributed by atoms with Crippen LogP contribution in [0.5, 0.6) is 5.75 Å². The van der Waals surface area contributed by atoms with E-state index >= 15 is 0 Å². The minimum atomic E-state index is -0.213. The highest BCUT2D eigenvalue weighted by molar-refractivity contribution is 7.80. The second-order valence-electron chi connectivity index (χ2n) is 6.86. The van der Waals surface area contributed by atoms with Gasteiger partial charge in [-0.1, -0.05) is 38.0 Å². The maximum Gasteiger partial charge on any atom is 0.173 e. The molecule has 3 rings (SSSR count). The Kier molecular flexibility index (Phi) is 6.30. The third-order valence-corrected chi connectivity index (χ3v) is 5.45. The number of benzene rings is 1. The van der Waals surface area contributed by atoms with Crippen molar-refractivity contribution < 1.29 is 9.53 Å². The van der Waals surface area contributed by atoms with E-state index in [9.17, 15) is 4.79 Å². The summed E-state index contributed by atoms with van der Waals surface area (Å²) in [5.41, 5.74) is 2.97. The van der Waals surface area contributed by atoms with Gasteiger partial charge < -0.3 is 15.0 Å². The van der Waals surface area contributed by atoms with Crippen molar-refractivity contribution in [2.45, 2.75) is 58.4 Å². The number of thiocarbonyl (C=S) groups is 1. The van der Waals surface area contributed by atoms with E-state index in [4.69, 9.17) is 17.0 Å². The van der Waals surface area contributed by atoms with Crippen molar-refractivity contribution in [1.82, 2.24) is 10.2 Å². The first-order valence-electron chi connectivity index (χ1n) is 9.73. The summed E-state index contributed by atoms with van der Waals surface area (Å²) in [5, 5.41) is 4.10. The Hall–Kier alpha value is -1.88. The van der Waals surface area contributed by atoms with E-state index < -0.39 is 0 Å². The molecular formula is C21H28N2O2S. The first-order valence-corrected chi connectivity index (χ1v) is 10.1. The number of allylic oxidation sites excluding steroid dienone is 1. The molecule has 0 amide bonds. The number of hydrogen-bond acceptors (Lipinski definition) is 3. The highest BCUT2D eigenvalue weighted by atomic mass is 32.1. The van der Waals surface area contributed by atoms with Crippen molar-refractivity contribution in [3.05, 3.63) is 41.1 Å². The fourth-order valence-electron chi connectivity index (χ4n) is 3.80. The maximum atomic E-state index is 12.8. The van der Waals surface area contributed by atoms with E-state index in [1.165, 1.54) is 6.42 Å². The zero-order valence-electron chi connectivity index (χ0n) is 15.7. The molecule has 140 valence electrons. The molecule has 1 atom stereocenters. The number of rotatable bonds is 7. The van der Waals surface area contributed by atoms with E-state index in [0.717, 1.165) is 54.8 Å². The molecule has 4 nitrogen and oxygen atoms in total. The molecular weight excluding hydrogens is 344 g/mol. The Morgan fingerprint density at radius 1 is 1.23 bits per heavy atom. The van der Waals surface area contributed by atoms with Gasteiger partial charge in [-0.2, -0.15) is 0 Å². The number of para-hydroxylation sites is 1. The summed E-state index contributed by atoms with van der Waals surface area (Å²) < 4.78 is 6.07. The van der Waals surface area contributed by atoms with Gasteiger partial charge in [-0.05, 0) is 44.5 Å². The van der Waals surface area contributed by atoms with Gasteiger partial charge in [0.1, 0.15) is 5.75 Å². The largest absolute Gasteiger partial charge is 0.493 e. The highest BCUT2D eigenvalue weighted by Gasteiger charge is 2.37. The molecule has 2 aliphatic rings. The number of ether oxygens (including phenoxy) is 1. The Bertz CT molecular complexity index is 714. The minimum absolute atomic E-state index is 0.213. The molecule has 0 fully saturated rings. The number of nitrogens with zero attached hydrogens (tertiary/aromatic N) is 1. The minimum Gasteiger partial charge on any atom is -0.493 e. The molecule has 1 N–H and O–H groups in total. The molecule has 1 aromatic carbocycles. The van der Waals surface area contributed by atoms with Gasteiger partial charge >= 0.3 is 0 Å². The lowest BCUT2D eigenvalue weighted by atomic mass is 9.84. The fourth-order valence-corrected chi connectivity index (χ4v) is 4.16. The molecule has 1 aliphatic heterocycles. The normalized spacial score (nSPS) is 20.1. The molecule has 1 aliphatic carbocycles. The molecule has 1 unspecified atom stereocenters.